The smallest absolute Gasteiger partial charge is 0.289 e. The molecule has 25 heavy (non-hydrogen) atoms. The van der Waals surface area contributed by atoms with E-state index in [9.17, 15) is 9.18 Å². The Morgan fingerprint density at radius 1 is 1.28 bits per heavy atom. The number of furan rings is 1. The van der Waals surface area contributed by atoms with Crippen molar-refractivity contribution in [2.45, 2.75) is 18.8 Å². The average Bonchev–Trinajstić information content (AvgIpc) is 3.34. The Hall–Kier alpha value is -2.89. The van der Waals surface area contributed by atoms with Crippen LogP contribution in [0, 0.1) is 5.82 Å². The van der Waals surface area contributed by atoms with E-state index in [0.29, 0.717) is 12.3 Å². The Morgan fingerprint density at radius 3 is 2.88 bits per heavy atom. The van der Waals surface area contributed by atoms with Crippen molar-refractivity contribution in [1.29, 1.82) is 0 Å². The maximum absolute atomic E-state index is 13.1. The summed E-state index contributed by atoms with van der Waals surface area (Å²) in [4.78, 5) is 14.3. The van der Waals surface area contributed by atoms with Crippen LogP contribution in [0.1, 0.15) is 35.0 Å². The van der Waals surface area contributed by atoms with Gasteiger partial charge in [-0.25, -0.2) is 4.39 Å². The lowest BCUT2D eigenvalue weighted by Crippen LogP contribution is -2.39. The van der Waals surface area contributed by atoms with E-state index in [4.69, 9.17) is 4.42 Å². The molecule has 1 fully saturated rings. The second-order valence-electron chi connectivity index (χ2n) is 6.28. The third-order valence-electron chi connectivity index (χ3n) is 4.62. The number of carbonyl (C=O) groups is 1. The fourth-order valence-corrected chi connectivity index (χ4v) is 3.29. The quantitative estimate of drug-likeness (QED) is 0.789. The minimum atomic E-state index is -0.265. The van der Waals surface area contributed by atoms with Crippen molar-refractivity contribution >= 4 is 5.91 Å². The number of carbonyl (C=O) groups excluding carboxylic acids is 1. The molecule has 0 unspecified atom stereocenters. The average molecular weight is 339 g/mol. The molecule has 1 saturated heterocycles. The molecule has 1 N–H and O–H groups in total. The van der Waals surface area contributed by atoms with Gasteiger partial charge in [0.2, 0.25) is 0 Å². The van der Waals surface area contributed by atoms with Crippen LogP contribution in [0.15, 0.2) is 53.1 Å². The Labute approximate surface area is 144 Å². The molecule has 3 heterocycles. The van der Waals surface area contributed by atoms with Crippen molar-refractivity contribution in [3.63, 3.8) is 0 Å². The SMILES string of the molecule is O=C(c1ccco1)N1CCC[C@H](c2cc(-c3ccc(F)cc3)n[nH]2)C1. The molecule has 0 aliphatic carbocycles. The van der Waals surface area contributed by atoms with E-state index in [1.165, 1.54) is 18.4 Å². The van der Waals surface area contributed by atoms with E-state index < -0.39 is 0 Å². The molecule has 1 aliphatic rings. The number of nitrogens with zero attached hydrogens (tertiary/aromatic N) is 2. The van der Waals surface area contributed by atoms with Crippen LogP contribution in [0.2, 0.25) is 0 Å². The second-order valence-corrected chi connectivity index (χ2v) is 6.28. The van der Waals surface area contributed by atoms with Crippen LogP contribution in [-0.4, -0.2) is 34.1 Å². The lowest BCUT2D eigenvalue weighted by molar-refractivity contribution is 0.0673. The molecular formula is C19H18FN3O2. The van der Waals surface area contributed by atoms with Crippen molar-refractivity contribution in [3.8, 4) is 11.3 Å². The molecule has 4 rings (SSSR count). The van der Waals surface area contributed by atoms with Crippen molar-refractivity contribution in [3.05, 3.63) is 66.0 Å². The van der Waals surface area contributed by atoms with Crippen molar-refractivity contribution < 1.29 is 13.6 Å². The van der Waals surface area contributed by atoms with Gasteiger partial charge in [-0.1, -0.05) is 0 Å². The Morgan fingerprint density at radius 2 is 2.12 bits per heavy atom. The number of H-pyrrole nitrogens is 1. The van der Waals surface area contributed by atoms with E-state index in [1.54, 1.807) is 24.3 Å². The summed E-state index contributed by atoms with van der Waals surface area (Å²) in [5.74, 6) is 0.235. The molecule has 128 valence electrons. The standard InChI is InChI=1S/C19H18FN3O2/c20-15-7-5-13(6-8-15)16-11-17(22-21-16)14-3-1-9-23(12-14)19(24)18-4-2-10-25-18/h2,4-8,10-11,14H,1,3,9,12H2,(H,21,22)/t14-/m0/s1. The number of aromatic amines is 1. The summed E-state index contributed by atoms with van der Waals surface area (Å²) >= 11 is 0. The molecule has 5 nitrogen and oxygen atoms in total. The van der Waals surface area contributed by atoms with Crippen LogP contribution in [0.5, 0.6) is 0 Å². The third kappa shape index (κ3) is 3.20. The zero-order valence-corrected chi connectivity index (χ0v) is 13.6. The summed E-state index contributed by atoms with van der Waals surface area (Å²) in [5, 5.41) is 7.42. The first-order chi connectivity index (χ1) is 12.2. The van der Waals surface area contributed by atoms with Crippen LogP contribution in [0.3, 0.4) is 0 Å². The number of nitrogens with one attached hydrogen (secondary N) is 1. The number of piperidine rings is 1. The first-order valence-corrected chi connectivity index (χ1v) is 8.35. The highest BCUT2D eigenvalue weighted by Gasteiger charge is 2.27. The molecule has 1 aliphatic heterocycles. The van der Waals surface area contributed by atoms with Crippen molar-refractivity contribution in [1.82, 2.24) is 15.1 Å². The van der Waals surface area contributed by atoms with Gasteiger partial charge in [0.05, 0.1) is 12.0 Å². The number of benzene rings is 1. The first kappa shape index (κ1) is 15.6. The van der Waals surface area contributed by atoms with Gasteiger partial charge in [0.15, 0.2) is 5.76 Å². The molecule has 0 radical (unpaired) electrons. The normalized spacial score (nSPS) is 17.6. The van der Waals surface area contributed by atoms with Crippen LogP contribution >= 0.6 is 0 Å². The van der Waals surface area contributed by atoms with Gasteiger partial charge in [0.25, 0.3) is 5.91 Å². The number of rotatable bonds is 3. The highest BCUT2D eigenvalue weighted by molar-refractivity contribution is 5.91. The molecule has 1 amide bonds. The fourth-order valence-electron chi connectivity index (χ4n) is 3.29. The molecular weight excluding hydrogens is 321 g/mol. The maximum atomic E-state index is 13.1. The molecule has 1 atom stereocenters. The maximum Gasteiger partial charge on any atom is 0.289 e. The highest BCUT2D eigenvalue weighted by atomic mass is 19.1. The molecule has 1 aromatic carbocycles. The summed E-state index contributed by atoms with van der Waals surface area (Å²) in [7, 11) is 0. The summed E-state index contributed by atoms with van der Waals surface area (Å²) in [6, 6.07) is 11.7. The number of hydrogen-bond acceptors (Lipinski definition) is 3. The second kappa shape index (κ2) is 6.55. The van der Waals surface area contributed by atoms with Gasteiger partial charge in [-0.05, 0) is 55.3 Å². The summed E-state index contributed by atoms with van der Waals surface area (Å²) in [6.07, 6.45) is 3.44. The number of hydrogen-bond donors (Lipinski definition) is 1. The van der Waals surface area contributed by atoms with Gasteiger partial charge in [-0.15, -0.1) is 0 Å². The number of aromatic nitrogens is 2. The Kier molecular flexibility index (Phi) is 4.09. The molecule has 2 aromatic heterocycles. The predicted octanol–water partition coefficient (Wildman–Crippen LogP) is 3.83. The largest absolute Gasteiger partial charge is 0.459 e. The molecule has 6 heteroatoms. The minimum Gasteiger partial charge on any atom is -0.459 e. The Bertz CT molecular complexity index is 855. The number of likely N-dealkylation sites (tertiary alicyclic amines) is 1. The van der Waals surface area contributed by atoms with Crippen LogP contribution < -0.4 is 0 Å². The fraction of sp³-hybridized carbons (Fsp3) is 0.263. The predicted molar refractivity (Wildman–Crippen MR) is 90.6 cm³/mol. The zero-order chi connectivity index (χ0) is 17.2. The lowest BCUT2D eigenvalue weighted by atomic mass is 9.94. The van der Waals surface area contributed by atoms with Gasteiger partial charge < -0.3 is 9.32 Å². The molecule has 0 spiro atoms. The van der Waals surface area contributed by atoms with E-state index in [1.807, 2.05) is 11.0 Å². The number of amides is 1. The van der Waals surface area contributed by atoms with Gasteiger partial charge in [-0.3, -0.25) is 9.89 Å². The minimum absolute atomic E-state index is 0.0760. The van der Waals surface area contributed by atoms with Gasteiger partial charge in [0.1, 0.15) is 5.82 Å². The molecule has 3 aromatic rings. The van der Waals surface area contributed by atoms with Gasteiger partial charge in [-0.2, -0.15) is 5.10 Å². The summed E-state index contributed by atoms with van der Waals surface area (Å²) in [6.45, 7) is 1.36. The summed E-state index contributed by atoms with van der Waals surface area (Å²) in [5.41, 5.74) is 2.64. The zero-order valence-electron chi connectivity index (χ0n) is 13.6. The van der Waals surface area contributed by atoms with E-state index in [-0.39, 0.29) is 17.6 Å². The third-order valence-corrected chi connectivity index (χ3v) is 4.62. The van der Waals surface area contributed by atoms with Crippen molar-refractivity contribution in [2.75, 3.05) is 13.1 Å². The van der Waals surface area contributed by atoms with E-state index >= 15 is 0 Å². The van der Waals surface area contributed by atoms with Crippen molar-refractivity contribution in [2.24, 2.45) is 0 Å². The van der Waals surface area contributed by atoms with Gasteiger partial charge in [0, 0.05) is 30.3 Å². The van der Waals surface area contributed by atoms with E-state index in [0.717, 1.165) is 36.3 Å². The first-order valence-electron chi connectivity index (χ1n) is 8.35. The van der Waals surface area contributed by atoms with Crippen LogP contribution in [0.25, 0.3) is 11.3 Å². The summed E-state index contributed by atoms with van der Waals surface area (Å²) < 4.78 is 18.3. The van der Waals surface area contributed by atoms with Crippen LogP contribution in [0.4, 0.5) is 4.39 Å². The topological polar surface area (TPSA) is 62.1 Å². The monoisotopic (exact) mass is 339 g/mol. The lowest BCUT2D eigenvalue weighted by Gasteiger charge is -2.31. The van der Waals surface area contributed by atoms with Crippen LogP contribution in [-0.2, 0) is 0 Å². The van der Waals surface area contributed by atoms with Gasteiger partial charge >= 0.3 is 0 Å². The number of halogens is 1. The molecule has 0 bridgehead atoms. The van der Waals surface area contributed by atoms with E-state index in [2.05, 4.69) is 10.2 Å². The molecule has 0 saturated carbocycles. The highest BCUT2D eigenvalue weighted by Crippen LogP contribution is 2.29. The Balaban J connectivity index is 1.50.